The highest BCUT2D eigenvalue weighted by molar-refractivity contribution is 5.92. The van der Waals surface area contributed by atoms with Crippen LogP contribution in [0.4, 0.5) is 0 Å². The van der Waals surface area contributed by atoms with Crippen molar-refractivity contribution in [3.8, 4) is 0 Å². The van der Waals surface area contributed by atoms with E-state index >= 15 is 0 Å². The van der Waals surface area contributed by atoms with Gasteiger partial charge >= 0.3 is 5.97 Å². The van der Waals surface area contributed by atoms with Crippen LogP contribution in [0.3, 0.4) is 0 Å². The first-order chi connectivity index (χ1) is 13.0. The minimum atomic E-state index is -0.367. The summed E-state index contributed by atoms with van der Waals surface area (Å²) in [6, 6.07) is 0. The van der Waals surface area contributed by atoms with Gasteiger partial charge in [0.15, 0.2) is 0 Å². The van der Waals surface area contributed by atoms with Gasteiger partial charge in [0.2, 0.25) is 0 Å². The molecule has 0 heterocycles. The maximum atomic E-state index is 12.0. The molecule has 3 nitrogen and oxygen atoms in total. The third-order valence-electron chi connectivity index (χ3n) is 4.26. The maximum absolute atomic E-state index is 12.0. The Kier molecular flexibility index (Phi) is 12.7. The lowest BCUT2D eigenvalue weighted by atomic mass is 9.82. The van der Waals surface area contributed by atoms with Crippen molar-refractivity contribution in [2.45, 2.75) is 53.9 Å². The Bertz CT molecular complexity index is 629. The zero-order chi connectivity index (χ0) is 20.8. The van der Waals surface area contributed by atoms with Crippen LogP contribution in [0.5, 0.6) is 0 Å². The van der Waals surface area contributed by atoms with Gasteiger partial charge in [0.25, 0.3) is 0 Å². The molecule has 27 heavy (non-hydrogen) atoms. The Morgan fingerprint density at radius 1 is 1.30 bits per heavy atom. The maximum Gasteiger partial charge on any atom is 0.339 e. The van der Waals surface area contributed by atoms with Gasteiger partial charge in [-0.2, -0.15) is 0 Å². The number of carbonyl (C=O) groups excluding carboxylic acids is 1. The molecule has 150 valence electrons. The number of allylic oxidation sites excluding steroid dienone is 6. The number of rotatable bonds is 8. The van der Waals surface area contributed by atoms with Crippen molar-refractivity contribution in [2.75, 3.05) is 13.7 Å². The lowest BCUT2D eigenvalue weighted by molar-refractivity contribution is -0.135. The highest BCUT2D eigenvalue weighted by atomic mass is 16.5. The number of methoxy groups -OCH3 is 1. The van der Waals surface area contributed by atoms with Crippen LogP contribution in [0.1, 0.15) is 53.9 Å². The Morgan fingerprint density at radius 3 is 2.44 bits per heavy atom. The molecule has 1 rings (SSSR count). The first-order valence-electron chi connectivity index (χ1n) is 9.80. The molecule has 1 atom stereocenters. The van der Waals surface area contributed by atoms with E-state index in [2.05, 4.69) is 38.4 Å². The lowest BCUT2D eigenvalue weighted by Gasteiger charge is -2.27. The monoisotopic (exact) mass is 371 g/mol. The predicted octanol–water partition coefficient (Wildman–Crippen LogP) is 6.04. The van der Waals surface area contributed by atoms with Gasteiger partial charge in [-0.3, -0.25) is 0 Å². The molecule has 1 N–H and O–H groups in total. The Balaban J connectivity index is 0.00000326. The second-order valence-electron chi connectivity index (χ2n) is 6.40. The average Bonchev–Trinajstić information content (AvgIpc) is 2.68. The second kappa shape index (κ2) is 13.9. The summed E-state index contributed by atoms with van der Waals surface area (Å²) >= 11 is 0. The van der Waals surface area contributed by atoms with Crippen LogP contribution < -0.4 is 5.32 Å². The average molecular weight is 372 g/mol. The summed E-state index contributed by atoms with van der Waals surface area (Å²) in [4.78, 5) is 12.0. The highest BCUT2D eigenvalue weighted by Crippen LogP contribution is 2.32. The molecule has 1 unspecified atom stereocenters. The van der Waals surface area contributed by atoms with Crippen LogP contribution in [0.2, 0.25) is 0 Å². The standard InChI is InChI=1S/C22H31NO2.C2H6/c1-7-11-20(22(24)25-6)21(9-3)23-15-18-13-10-12-17(14-16(4)5)19(18)8-2;1-2/h7-9,11,14,18,23H,2-3,10,12-13,15H2,1,4-6H3;1-2H3/b11-7-,21-20-;. The van der Waals surface area contributed by atoms with Gasteiger partial charge in [-0.05, 0) is 63.3 Å². The molecule has 1 aliphatic carbocycles. The number of hydrogen-bond acceptors (Lipinski definition) is 3. The summed E-state index contributed by atoms with van der Waals surface area (Å²) in [6.07, 6.45) is 12.8. The molecule has 0 amide bonds. The van der Waals surface area contributed by atoms with Crippen molar-refractivity contribution in [1.29, 1.82) is 0 Å². The van der Waals surface area contributed by atoms with Crippen LogP contribution >= 0.6 is 0 Å². The molecule has 0 spiro atoms. The number of esters is 1. The predicted molar refractivity (Wildman–Crippen MR) is 117 cm³/mol. The largest absolute Gasteiger partial charge is 0.465 e. The molecule has 0 radical (unpaired) electrons. The molecular weight excluding hydrogens is 334 g/mol. The van der Waals surface area contributed by atoms with Gasteiger partial charge in [0.1, 0.15) is 0 Å². The topological polar surface area (TPSA) is 38.3 Å². The zero-order valence-electron chi connectivity index (χ0n) is 18.0. The summed E-state index contributed by atoms with van der Waals surface area (Å²) in [6.45, 7) is 18.7. The van der Waals surface area contributed by atoms with Gasteiger partial charge in [0.05, 0.1) is 12.7 Å². The van der Waals surface area contributed by atoms with Crippen LogP contribution in [0.25, 0.3) is 0 Å². The fourth-order valence-electron chi connectivity index (χ4n) is 3.17. The third kappa shape index (κ3) is 7.86. The van der Waals surface area contributed by atoms with Crippen molar-refractivity contribution in [1.82, 2.24) is 5.32 Å². The third-order valence-corrected chi connectivity index (χ3v) is 4.26. The minimum absolute atomic E-state index is 0.367. The van der Waals surface area contributed by atoms with Crippen molar-refractivity contribution in [3.63, 3.8) is 0 Å². The second-order valence-corrected chi connectivity index (χ2v) is 6.40. The Hall–Kier alpha value is -2.29. The van der Waals surface area contributed by atoms with Crippen LogP contribution in [-0.4, -0.2) is 19.6 Å². The van der Waals surface area contributed by atoms with Crippen molar-refractivity contribution in [3.05, 3.63) is 71.5 Å². The van der Waals surface area contributed by atoms with Crippen LogP contribution in [0, 0.1) is 5.92 Å². The van der Waals surface area contributed by atoms with Crippen molar-refractivity contribution < 1.29 is 9.53 Å². The van der Waals surface area contributed by atoms with E-state index in [4.69, 9.17) is 4.74 Å². The molecule has 0 aromatic carbocycles. The molecule has 0 saturated heterocycles. The van der Waals surface area contributed by atoms with Gasteiger partial charge in [-0.25, -0.2) is 4.79 Å². The number of hydrogen-bond donors (Lipinski definition) is 1. The fraction of sp³-hybridized carbons (Fsp3) is 0.458. The molecule has 0 aromatic rings. The quantitative estimate of drug-likeness (QED) is 0.321. The fourth-order valence-corrected chi connectivity index (χ4v) is 3.17. The Morgan fingerprint density at radius 2 is 1.96 bits per heavy atom. The molecule has 0 aliphatic heterocycles. The highest BCUT2D eigenvalue weighted by Gasteiger charge is 2.21. The molecule has 1 aliphatic rings. The SMILES string of the molecule is C=CC1=C(C=C(C)C)CCCC1CN/C(C=C)=C(/C=C\C)C(=O)OC.CC. The smallest absolute Gasteiger partial charge is 0.339 e. The lowest BCUT2D eigenvalue weighted by Crippen LogP contribution is -2.27. The van der Waals surface area contributed by atoms with Crippen molar-refractivity contribution >= 4 is 5.97 Å². The van der Waals surface area contributed by atoms with Gasteiger partial charge in [-0.15, -0.1) is 0 Å². The number of carbonyl (C=O) groups is 1. The molecule has 3 heteroatoms. The van der Waals surface area contributed by atoms with Gasteiger partial charge < -0.3 is 10.1 Å². The number of ether oxygens (including phenoxy) is 1. The first-order valence-corrected chi connectivity index (χ1v) is 9.80. The summed E-state index contributed by atoms with van der Waals surface area (Å²) in [5.74, 6) is 0.00478. The van der Waals surface area contributed by atoms with Gasteiger partial charge in [0, 0.05) is 18.2 Å². The van der Waals surface area contributed by atoms with Crippen molar-refractivity contribution in [2.24, 2.45) is 5.92 Å². The minimum Gasteiger partial charge on any atom is -0.465 e. The van der Waals surface area contributed by atoms with Crippen LogP contribution in [-0.2, 0) is 9.53 Å². The molecular formula is C24H37NO2. The van der Waals surface area contributed by atoms with E-state index in [9.17, 15) is 4.79 Å². The van der Waals surface area contributed by atoms with E-state index < -0.39 is 0 Å². The van der Waals surface area contributed by atoms with Crippen LogP contribution in [0.15, 0.2) is 71.5 Å². The van der Waals surface area contributed by atoms with E-state index in [-0.39, 0.29) is 5.97 Å². The van der Waals surface area contributed by atoms with Gasteiger partial charge in [-0.1, -0.05) is 50.8 Å². The molecule has 0 bridgehead atoms. The van der Waals surface area contributed by atoms with E-state index in [0.717, 1.165) is 25.8 Å². The summed E-state index contributed by atoms with van der Waals surface area (Å²) in [7, 11) is 1.39. The van der Waals surface area contributed by atoms with E-state index in [1.807, 2.05) is 32.9 Å². The summed E-state index contributed by atoms with van der Waals surface area (Å²) in [5.41, 5.74) is 5.16. The molecule has 0 fully saturated rings. The van der Waals surface area contributed by atoms with E-state index in [1.54, 1.807) is 12.2 Å². The number of nitrogens with one attached hydrogen (secondary N) is 1. The zero-order valence-corrected chi connectivity index (χ0v) is 18.0. The van der Waals surface area contributed by atoms with E-state index in [1.165, 1.54) is 23.8 Å². The summed E-state index contributed by atoms with van der Waals surface area (Å²) < 4.78 is 4.87. The molecule has 0 saturated carbocycles. The summed E-state index contributed by atoms with van der Waals surface area (Å²) in [5, 5.41) is 3.38. The Labute approximate surface area is 166 Å². The van der Waals surface area contributed by atoms with E-state index in [0.29, 0.717) is 17.2 Å². The normalized spacial score (nSPS) is 17.3. The molecule has 0 aromatic heterocycles. The first kappa shape index (κ1) is 24.7.